The minimum atomic E-state index is -1.36. The van der Waals surface area contributed by atoms with Gasteiger partial charge >= 0.3 is 5.97 Å². The highest BCUT2D eigenvalue weighted by atomic mass is 35.5. The molecule has 1 aliphatic heterocycles. The number of hydrogen-bond donors (Lipinski definition) is 1. The van der Waals surface area contributed by atoms with Crippen molar-refractivity contribution in [3.05, 3.63) is 28.5 Å². The summed E-state index contributed by atoms with van der Waals surface area (Å²) in [6, 6.07) is 2.10. The summed E-state index contributed by atoms with van der Waals surface area (Å²) < 4.78 is 30.7. The Bertz CT molecular complexity index is 576. The van der Waals surface area contributed by atoms with Gasteiger partial charge in [0.05, 0.1) is 29.9 Å². The smallest absolute Gasteiger partial charge is 0.338 e. The molecule has 0 aromatic heterocycles. The van der Waals surface area contributed by atoms with Crippen LogP contribution in [-0.4, -0.2) is 36.2 Å². The van der Waals surface area contributed by atoms with Gasteiger partial charge in [-0.3, -0.25) is 0 Å². The summed E-state index contributed by atoms with van der Waals surface area (Å²) >= 11 is 5.98. The number of aromatic carboxylic acids is 1. The second-order valence-electron chi connectivity index (χ2n) is 5.49. The van der Waals surface area contributed by atoms with E-state index in [9.17, 15) is 9.18 Å². The maximum absolute atomic E-state index is 13.7. The Kier molecular flexibility index (Phi) is 4.25. The summed E-state index contributed by atoms with van der Waals surface area (Å²) in [4.78, 5) is 10.9. The van der Waals surface area contributed by atoms with Crippen LogP contribution in [0.2, 0.25) is 5.02 Å². The van der Waals surface area contributed by atoms with Crippen LogP contribution in [0.15, 0.2) is 12.1 Å². The first-order chi connectivity index (χ1) is 10.5. The molecule has 1 N–H and O–H groups in total. The lowest BCUT2D eigenvalue weighted by molar-refractivity contribution is -0.186. The zero-order valence-corrected chi connectivity index (χ0v) is 12.6. The quantitative estimate of drug-likeness (QED) is 0.921. The van der Waals surface area contributed by atoms with Crippen LogP contribution in [0.25, 0.3) is 0 Å². The number of carboxylic acid groups (broad SMARTS) is 1. The third-order valence-corrected chi connectivity index (χ3v) is 4.35. The van der Waals surface area contributed by atoms with Gasteiger partial charge in [0.15, 0.2) is 5.79 Å². The van der Waals surface area contributed by atoms with E-state index in [-0.39, 0.29) is 16.9 Å². The molecule has 3 rings (SSSR count). The Morgan fingerprint density at radius 3 is 2.55 bits per heavy atom. The normalized spacial score (nSPS) is 21.2. The van der Waals surface area contributed by atoms with Crippen molar-refractivity contribution in [2.24, 2.45) is 0 Å². The molecule has 1 spiro atoms. The van der Waals surface area contributed by atoms with E-state index in [0.29, 0.717) is 38.9 Å². The zero-order valence-electron chi connectivity index (χ0n) is 11.8. The van der Waals surface area contributed by atoms with E-state index in [1.807, 2.05) is 0 Å². The van der Waals surface area contributed by atoms with Gasteiger partial charge in [-0.25, -0.2) is 9.18 Å². The monoisotopic (exact) mass is 330 g/mol. The lowest BCUT2D eigenvalue weighted by atomic mass is 9.92. The fourth-order valence-corrected chi connectivity index (χ4v) is 3.11. The molecule has 0 unspecified atom stereocenters. The maximum atomic E-state index is 13.7. The van der Waals surface area contributed by atoms with Crippen LogP contribution < -0.4 is 4.74 Å². The molecule has 0 radical (unpaired) electrons. The molecule has 22 heavy (non-hydrogen) atoms. The van der Waals surface area contributed by atoms with Crippen molar-refractivity contribution in [1.29, 1.82) is 0 Å². The van der Waals surface area contributed by atoms with Crippen molar-refractivity contribution < 1.29 is 28.5 Å². The van der Waals surface area contributed by atoms with E-state index >= 15 is 0 Å². The summed E-state index contributed by atoms with van der Waals surface area (Å²) in [6.07, 6.45) is 2.72. The average Bonchev–Trinajstić information content (AvgIpc) is 2.93. The molecule has 0 amide bonds. The van der Waals surface area contributed by atoms with E-state index in [1.54, 1.807) is 0 Å². The lowest BCUT2D eigenvalue weighted by Crippen LogP contribution is -2.38. The van der Waals surface area contributed by atoms with Crippen molar-refractivity contribution >= 4 is 17.6 Å². The SMILES string of the molecule is O=C(O)c1cc(Cl)c(OC2CCC3(CC2)OCCO3)cc1F. The predicted octanol–water partition coefficient (Wildman–Crippen LogP) is 3.24. The number of ether oxygens (including phenoxy) is 3. The molecule has 1 saturated carbocycles. The standard InChI is InChI=1S/C15H16ClFO5/c16-11-7-10(14(18)19)12(17)8-13(11)22-9-1-3-15(4-2-9)20-5-6-21-15/h7-9H,1-6H2,(H,18,19). The van der Waals surface area contributed by atoms with Gasteiger partial charge in [-0.05, 0) is 18.9 Å². The zero-order chi connectivity index (χ0) is 15.7. The van der Waals surface area contributed by atoms with Crippen LogP contribution in [0.5, 0.6) is 5.75 Å². The first kappa shape index (κ1) is 15.5. The molecule has 2 fully saturated rings. The Hall–Kier alpha value is -1.37. The summed E-state index contributed by atoms with van der Waals surface area (Å²) in [5.74, 6) is -2.54. The molecule has 1 saturated heterocycles. The summed E-state index contributed by atoms with van der Waals surface area (Å²) in [7, 11) is 0. The second kappa shape index (κ2) is 6.02. The van der Waals surface area contributed by atoms with E-state index in [2.05, 4.69) is 0 Å². The van der Waals surface area contributed by atoms with Crippen molar-refractivity contribution in [2.45, 2.75) is 37.6 Å². The molecule has 1 aromatic rings. The van der Waals surface area contributed by atoms with Gasteiger partial charge in [-0.2, -0.15) is 0 Å². The minimum absolute atomic E-state index is 0.0902. The highest BCUT2D eigenvalue weighted by Crippen LogP contribution is 2.38. The molecule has 120 valence electrons. The number of rotatable bonds is 3. The first-order valence-corrected chi connectivity index (χ1v) is 7.54. The molecular formula is C15H16ClFO5. The highest BCUT2D eigenvalue weighted by molar-refractivity contribution is 6.32. The topological polar surface area (TPSA) is 65.0 Å². The van der Waals surface area contributed by atoms with Crippen LogP contribution in [0.4, 0.5) is 4.39 Å². The lowest BCUT2D eigenvalue weighted by Gasteiger charge is -2.35. The minimum Gasteiger partial charge on any atom is -0.489 e. The van der Waals surface area contributed by atoms with E-state index in [1.165, 1.54) is 0 Å². The number of carboxylic acids is 1. The Morgan fingerprint density at radius 1 is 1.32 bits per heavy atom. The molecular weight excluding hydrogens is 315 g/mol. The van der Waals surface area contributed by atoms with E-state index < -0.39 is 23.1 Å². The van der Waals surface area contributed by atoms with Gasteiger partial charge in [-0.15, -0.1) is 0 Å². The average molecular weight is 331 g/mol. The summed E-state index contributed by atoms with van der Waals surface area (Å²) in [5.41, 5.74) is -0.465. The third kappa shape index (κ3) is 3.04. The van der Waals surface area contributed by atoms with Gasteiger partial charge in [0.1, 0.15) is 11.6 Å². The Balaban J connectivity index is 1.67. The maximum Gasteiger partial charge on any atom is 0.338 e. The van der Waals surface area contributed by atoms with Gasteiger partial charge < -0.3 is 19.3 Å². The van der Waals surface area contributed by atoms with Gasteiger partial charge in [-0.1, -0.05) is 11.6 Å². The van der Waals surface area contributed by atoms with Crippen molar-refractivity contribution in [2.75, 3.05) is 13.2 Å². The number of hydrogen-bond acceptors (Lipinski definition) is 4. The molecule has 0 atom stereocenters. The van der Waals surface area contributed by atoms with Crippen LogP contribution in [0, 0.1) is 5.82 Å². The molecule has 7 heteroatoms. The fraction of sp³-hybridized carbons (Fsp3) is 0.533. The van der Waals surface area contributed by atoms with Crippen LogP contribution in [-0.2, 0) is 9.47 Å². The largest absolute Gasteiger partial charge is 0.489 e. The molecule has 5 nitrogen and oxygen atoms in total. The van der Waals surface area contributed by atoms with Gasteiger partial charge in [0, 0.05) is 18.9 Å². The van der Waals surface area contributed by atoms with Crippen LogP contribution >= 0.6 is 11.6 Å². The molecule has 0 bridgehead atoms. The van der Waals surface area contributed by atoms with E-state index in [4.69, 9.17) is 30.9 Å². The van der Waals surface area contributed by atoms with Crippen molar-refractivity contribution in [3.63, 3.8) is 0 Å². The molecule has 1 aromatic carbocycles. The second-order valence-corrected chi connectivity index (χ2v) is 5.90. The predicted molar refractivity (Wildman–Crippen MR) is 75.9 cm³/mol. The third-order valence-electron chi connectivity index (χ3n) is 4.05. The molecule has 2 aliphatic rings. The first-order valence-electron chi connectivity index (χ1n) is 7.16. The van der Waals surface area contributed by atoms with Gasteiger partial charge in [0.2, 0.25) is 0 Å². The van der Waals surface area contributed by atoms with E-state index in [0.717, 1.165) is 12.1 Å². The summed E-state index contributed by atoms with van der Waals surface area (Å²) in [5, 5.41) is 8.94. The number of carbonyl (C=O) groups is 1. The van der Waals surface area contributed by atoms with Gasteiger partial charge in [0.25, 0.3) is 0 Å². The number of halogens is 2. The summed E-state index contributed by atoms with van der Waals surface area (Å²) in [6.45, 7) is 1.22. The van der Waals surface area contributed by atoms with Crippen molar-refractivity contribution in [1.82, 2.24) is 0 Å². The Morgan fingerprint density at radius 2 is 1.95 bits per heavy atom. The van der Waals surface area contributed by atoms with Crippen LogP contribution in [0.1, 0.15) is 36.0 Å². The highest BCUT2D eigenvalue weighted by Gasteiger charge is 2.41. The molecule has 1 heterocycles. The van der Waals surface area contributed by atoms with Crippen LogP contribution in [0.3, 0.4) is 0 Å². The fourth-order valence-electron chi connectivity index (χ4n) is 2.90. The van der Waals surface area contributed by atoms with Crippen molar-refractivity contribution in [3.8, 4) is 5.75 Å². The number of benzene rings is 1. The Labute approximate surface area is 131 Å². The molecule has 1 aliphatic carbocycles.